The molecule has 0 bridgehead atoms. The smallest absolute Gasteiger partial charge is 0.259 e. The molecule has 0 saturated carbocycles. The summed E-state index contributed by atoms with van der Waals surface area (Å²) in [6.45, 7) is 0.348. The predicted molar refractivity (Wildman–Crippen MR) is 100 cm³/mol. The number of nitrogens with one attached hydrogen (secondary N) is 1. The second kappa shape index (κ2) is 8.09. The van der Waals surface area contributed by atoms with Crippen molar-refractivity contribution in [2.75, 3.05) is 19.5 Å². The monoisotopic (exact) mass is 389 g/mol. The largest absolute Gasteiger partial charge is 0.497 e. The van der Waals surface area contributed by atoms with E-state index < -0.39 is 5.82 Å². The second-order valence-corrected chi connectivity index (χ2v) is 6.09. The molecule has 1 aromatic heterocycles. The van der Waals surface area contributed by atoms with Gasteiger partial charge in [0, 0.05) is 17.3 Å². The van der Waals surface area contributed by atoms with Gasteiger partial charge in [-0.25, -0.2) is 4.39 Å². The maximum atomic E-state index is 13.1. The fraction of sp³-hybridized carbons (Fsp3) is 0.158. The van der Waals surface area contributed by atoms with Crippen LogP contribution in [0.15, 0.2) is 48.8 Å². The van der Waals surface area contributed by atoms with E-state index in [0.29, 0.717) is 34.3 Å². The van der Waals surface area contributed by atoms with E-state index in [1.54, 1.807) is 35.1 Å². The predicted octanol–water partition coefficient (Wildman–Crippen LogP) is 3.99. The fourth-order valence-electron chi connectivity index (χ4n) is 2.52. The molecule has 140 valence electrons. The number of halogens is 2. The van der Waals surface area contributed by atoms with Crippen molar-refractivity contribution < 1.29 is 18.7 Å². The molecule has 3 rings (SSSR count). The molecule has 0 unspecified atom stereocenters. The van der Waals surface area contributed by atoms with E-state index in [0.717, 1.165) is 5.56 Å². The summed E-state index contributed by atoms with van der Waals surface area (Å²) in [6.07, 6.45) is 3.18. The van der Waals surface area contributed by atoms with Gasteiger partial charge in [0.15, 0.2) is 0 Å². The average Bonchev–Trinajstić information content (AvgIpc) is 3.10. The molecule has 0 spiro atoms. The van der Waals surface area contributed by atoms with Gasteiger partial charge in [0.25, 0.3) is 5.91 Å². The zero-order chi connectivity index (χ0) is 19.4. The van der Waals surface area contributed by atoms with Gasteiger partial charge >= 0.3 is 0 Å². The maximum absolute atomic E-state index is 13.1. The van der Waals surface area contributed by atoms with Gasteiger partial charge in [-0.1, -0.05) is 17.7 Å². The number of hydrogen-bond acceptors (Lipinski definition) is 4. The first-order chi connectivity index (χ1) is 13.0. The Morgan fingerprint density at radius 2 is 2.04 bits per heavy atom. The molecular weight excluding hydrogens is 373 g/mol. The molecule has 0 radical (unpaired) electrons. The van der Waals surface area contributed by atoms with Crippen molar-refractivity contribution >= 4 is 23.2 Å². The van der Waals surface area contributed by atoms with E-state index in [1.807, 2.05) is 0 Å². The Morgan fingerprint density at radius 1 is 1.22 bits per heavy atom. The number of carbonyl (C=O) groups is 1. The lowest BCUT2D eigenvalue weighted by Gasteiger charge is -2.10. The number of anilines is 1. The van der Waals surface area contributed by atoms with Crippen LogP contribution in [0.3, 0.4) is 0 Å². The van der Waals surface area contributed by atoms with Crippen molar-refractivity contribution in [3.63, 3.8) is 0 Å². The molecule has 0 aliphatic heterocycles. The van der Waals surface area contributed by atoms with E-state index in [9.17, 15) is 9.18 Å². The molecule has 0 saturated heterocycles. The van der Waals surface area contributed by atoms with Crippen LogP contribution in [-0.4, -0.2) is 29.9 Å². The number of benzene rings is 2. The molecule has 8 heteroatoms. The van der Waals surface area contributed by atoms with Gasteiger partial charge in [0.1, 0.15) is 17.3 Å². The Bertz CT molecular complexity index is 975. The molecule has 27 heavy (non-hydrogen) atoms. The minimum atomic E-state index is -0.398. The van der Waals surface area contributed by atoms with Crippen LogP contribution < -0.4 is 14.8 Å². The normalized spacial score (nSPS) is 10.5. The highest BCUT2D eigenvalue weighted by Gasteiger charge is 2.14. The van der Waals surface area contributed by atoms with Crippen LogP contribution in [0.2, 0.25) is 5.02 Å². The van der Waals surface area contributed by atoms with Crippen molar-refractivity contribution in [1.82, 2.24) is 9.78 Å². The Morgan fingerprint density at radius 3 is 2.74 bits per heavy atom. The average molecular weight is 390 g/mol. The third-order valence-corrected chi connectivity index (χ3v) is 4.24. The summed E-state index contributed by atoms with van der Waals surface area (Å²) in [5, 5.41) is 7.27. The molecule has 0 aliphatic rings. The zero-order valence-corrected chi connectivity index (χ0v) is 15.5. The van der Waals surface area contributed by atoms with E-state index in [1.165, 1.54) is 32.5 Å². The maximum Gasteiger partial charge on any atom is 0.259 e. The summed E-state index contributed by atoms with van der Waals surface area (Å²) in [4.78, 5) is 12.5. The lowest BCUT2D eigenvalue weighted by molar-refractivity contribution is 0.102. The first-order valence-electron chi connectivity index (χ1n) is 8.00. The number of hydrogen-bond donors (Lipinski definition) is 1. The quantitative estimate of drug-likeness (QED) is 0.692. The van der Waals surface area contributed by atoms with E-state index >= 15 is 0 Å². The minimum Gasteiger partial charge on any atom is -0.497 e. The summed E-state index contributed by atoms with van der Waals surface area (Å²) in [5.74, 6) is 0.254. The van der Waals surface area contributed by atoms with E-state index in [4.69, 9.17) is 21.1 Å². The SMILES string of the molecule is COc1ccc(C(=O)Nc2cnn(Cc3ccc(F)cc3Cl)c2)c(OC)c1. The lowest BCUT2D eigenvalue weighted by Crippen LogP contribution is -2.13. The minimum absolute atomic E-state index is 0.319. The zero-order valence-electron chi connectivity index (χ0n) is 14.7. The molecule has 0 fully saturated rings. The highest BCUT2D eigenvalue weighted by molar-refractivity contribution is 6.31. The molecule has 0 atom stereocenters. The van der Waals surface area contributed by atoms with Crippen molar-refractivity contribution in [3.05, 3.63) is 70.8 Å². The highest BCUT2D eigenvalue weighted by atomic mass is 35.5. The molecule has 3 aromatic rings. The Kier molecular flexibility index (Phi) is 5.61. The molecular formula is C19H17ClFN3O3. The number of nitrogens with zero attached hydrogens (tertiary/aromatic N) is 2. The lowest BCUT2D eigenvalue weighted by atomic mass is 10.1. The summed E-state index contributed by atoms with van der Waals surface area (Å²) >= 11 is 6.03. The van der Waals surface area contributed by atoms with Crippen LogP contribution in [0.25, 0.3) is 0 Å². The van der Waals surface area contributed by atoms with Crippen molar-refractivity contribution in [2.45, 2.75) is 6.54 Å². The van der Waals surface area contributed by atoms with Gasteiger partial charge in [-0.15, -0.1) is 0 Å². The number of amides is 1. The standard InChI is InChI=1S/C19H17ClFN3O3/c1-26-15-5-6-16(18(8-15)27-2)19(25)23-14-9-22-24(11-14)10-12-3-4-13(21)7-17(12)20/h3-9,11H,10H2,1-2H3,(H,23,25). The van der Waals surface area contributed by atoms with Gasteiger partial charge in [0.05, 0.1) is 38.2 Å². The number of ether oxygens (including phenoxy) is 2. The first kappa shape index (κ1) is 18.7. The van der Waals surface area contributed by atoms with Crippen LogP contribution in [0.4, 0.5) is 10.1 Å². The number of carbonyl (C=O) groups excluding carboxylic acids is 1. The number of methoxy groups -OCH3 is 2. The number of rotatable bonds is 6. The number of aromatic nitrogens is 2. The van der Waals surface area contributed by atoms with Crippen LogP contribution in [0, 0.1) is 5.82 Å². The van der Waals surface area contributed by atoms with Crippen molar-refractivity contribution in [2.24, 2.45) is 0 Å². The Balaban J connectivity index is 1.73. The second-order valence-electron chi connectivity index (χ2n) is 5.68. The van der Waals surface area contributed by atoms with Crippen LogP contribution in [-0.2, 0) is 6.54 Å². The summed E-state index contributed by atoms with van der Waals surface area (Å²) in [6, 6.07) is 9.12. The Hall–Kier alpha value is -3.06. The van der Waals surface area contributed by atoms with Gasteiger partial charge in [0.2, 0.25) is 0 Å². The molecule has 2 aromatic carbocycles. The molecule has 1 N–H and O–H groups in total. The van der Waals surface area contributed by atoms with Crippen molar-refractivity contribution in [1.29, 1.82) is 0 Å². The third kappa shape index (κ3) is 4.38. The molecule has 0 aliphatic carbocycles. The molecule has 1 amide bonds. The van der Waals surface area contributed by atoms with Crippen molar-refractivity contribution in [3.8, 4) is 11.5 Å². The summed E-state index contributed by atoms with van der Waals surface area (Å²) < 4.78 is 25.1. The first-order valence-corrected chi connectivity index (χ1v) is 8.37. The van der Waals surface area contributed by atoms with E-state index in [-0.39, 0.29) is 5.91 Å². The van der Waals surface area contributed by atoms with Crippen LogP contribution >= 0.6 is 11.6 Å². The van der Waals surface area contributed by atoms with Gasteiger partial charge in [-0.05, 0) is 29.8 Å². The third-order valence-electron chi connectivity index (χ3n) is 3.89. The van der Waals surface area contributed by atoms with Gasteiger partial charge in [-0.3, -0.25) is 9.48 Å². The molecule has 1 heterocycles. The van der Waals surface area contributed by atoms with E-state index in [2.05, 4.69) is 10.4 Å². The summed E-state index contributed by atoms with van der Waals surface area (Å²) in [5.41, 5.74) is 1.60. The Labute approximate surface area is 160 Å². The van der Waals surface area contributed by atoms with Crippen LogP contribution in [0.5, 0.6) is 11.5 Å². The fourth-order valence-corrected chi connectivity index (χ4v) is 2.75. The molecule has 6 nitrogen and oxygen atoms in total. The highest BCUT2D eigenvalue weighted by Crippen LogP contribution is 2.25. The van der Waals surface area contributed by atoms with Gasteiger partial charge < -0.3 is 14.8 Å². The van der Waals surface area contributed by atoms with Gasteiger partial charge in [-0.2, -0.15) is 5.10 Å². The topological polar surface area (TPSA) is 65.4 Å². The summed E-state index contributed by atoms with van der Waals surface area (Å²) in [7, 11) is 3.02. The van der Waals surface area contributed by atoms with Crippen LogP contribution in [0.1, 0.15) is 15.9 Å².